The van der Waals surface area contributed by atoms with Crippen molar-refractivity contribution in [3.8, 4) is 5.75 Å². The third-order valence-corrected chi connectivity index (χ3v) is 4.69. The predicted octanol–water partition coefficient (Wildman–Crippen LogP) is 4.40. The second-order valence-electron chi connectivity index (χ2n) is 6.81. The van der Waals surface area contributed by atoms with Gasteiger partial charge in [-0.3, -0.25) is 0 Å². The van der Waals surface area contributed by atoms with Crippen LogP contribution in [-0.2, 0) is 32.2 Å². The molecule has 0 aliphatic heterocycles. The van der Waals surface area contributed by atoms with Crippen molar-refractivity contribution >= 4 is 5.97 Å². The molecule has 2 atom stereocenters. The molecule has 2 aromatic rings. The van der Waals surface area contributed by atoms with E-state index in [1.165, 1.54) is 0 Å². The minimum atomic E-state index is -1.07. The number of carbonyl (C=O) groups is 1. The number of diazo groups is 1. The fourth-order valence-corrected chi connectivity index (χ4v) is 2.91. The zero-order valence-corrected chi connectivity index (χ0v) is 18.1. The number of nitrogens with zero attached hydrogens (tertiary/aromatic N) is 2. The van der Waals surface area contributed by atoms with E-state index < -0.39 is 29.4 Å². The lowest BCUT2D eigenvalue weighted by Gasteiger charge is -2.23. The first-order valence-corrected chi connectivity index (χ1v) is 9.89. The Hall–Kier alpha value is -3.67. The topological polar surface area (TPSA) is 102 Å². The van der Waals surface area contributed by atoms with Crippen molar-refractivity contribution in [1.82, 2.24) is 0 Å². The Balaban J connectivity index is 2.21. The summed E-state index contributed by atoms with van der Waals surface area (Å²) in [5, 5.41) is 20.0. The van der Waals surface area contributed by atoms with Crippen molar-refractivity contribution in [2.24, 2.45) is 5.92 Å². The largest absolute Gasteiger partial charge is 0.507 e. The molecule has 0 aromatic heterocycles. The Bertz CT molecular complexity index is 951. The normalized spacial score (nSPS) is 13.3. The Morgan fingerprint density at radius 3 is 2.31 bits per heavy atom. The van der Waals surface area contributed by atoms with E-state index in [2.05, 4.69) is 16.3 Å². The summed E-state index contributed by atoms with van der Waals surface area (Å²) in [7, 11) is 2.68. The molecule has 0 bridgehead atoms. The standard InChI is InChI=1S/C24H26N2O6/c1-4-19(16-31-14-17-8-6-5-7-9-17)23(22(27)21(26-25)24(28)30-3)32-15-18-10-12-20(29-2)13-11-18/h4-13,19,23H,1,14-16H2,2-3H3/p+1/t19-,23-/m1/s1. The number of benzene rings is 2. The van der Waals surface area contributed by atoms with Gasteiger partial charge < -0.3 is 24.1 Å². The molecule has 0 saturated heterocycles. The molecule has 32 heavy (non-hydrogen) atoms. The fraction of sp³-hybridized carbons (Fsp3) is 0.292. The summed E-state index contributed by atoms with van der Waals surface area (Å²) in [6.07, 6.45) is 0.474. The molecule has 0 fully saturated rings. The number of carbonyl (C=O) groups excluding carboxylic acids is 1. The summed E-state index contributed by atoms with van der Waals surface area (Å²) in [6, 6.07) is 16.8. The number of esters is 1. The highest BCUT2D eigenvalue weighted by Crippen LogP contribution is 2.24. The maximum Gasteiger partial charge on any atom is 0.507 e. The van der Waals surface area contributed by atoms with Crippen LogP contribution in [-0.4, -0.2) is 38.0 Å². The number of aliphatic hydroxyl groups excluding tert-OH is 1. The van der Waals surface area contributed by atoms with Crippen LogP contribution in [0.2, 0.25) is 0 Å². The van der Waals surface area contributed by atoms with Gasteiger partial charge in [-0.1, -0.05) is 48.5 Å². The van der Waals surface area contributed by atoms with Crippen LogP contribution >= 0.6 is 0 Å². The third kappa shape index (κ3) is 6.94. The first-order chi connectivity index (χ1) is 15.5. The van der Waals surface area contributed by atoms with E-state index in [4.69, 9.17) is 14.2 Å². The molecular formula is C24H27N2O6+. The molecule has 8 heteroatoms. The Morgan fingerprint density at radius 1 is 1.09 bits per heavy atom. The molecule has 0 amide bonds. The van der Waals surface area contributed by atoms with Crippen LogP contribution in [0.4, 0.5) is 0 Å². The van der Waals surface area contributed by atoms with Crippen molar-refractivity contribution in [3.05, 3.63) is 94.8 Å². The van der Waals surface area contributed by atoms with Gasteiger partial charge in [0.2, 0.25) is 11.2 Å². The summed E-state index contributed by atoms with van der Waals surface area (Å²) in [5.41, 5.74) is 1.13. The number of aliphatic hydroxyl groups is 1. The summed E-state index contributed by atoms with van der Waals surface area (Å²) < 4.78 is 21.4. The summed E-state index contributed by atoms with van der Waals surface area (Å²) in [5.74, 6) is -1.45. The van der Waals surface area contributed by atoms with Crippen LogP contribution in [0, 0.1) is 11.3 Å². The van der Waals surface area contributed by atoms with Gasteiger partial charge in [0.05, 0.1) is 34.0 Å². The molecule has 0 spiro atoms. The molecule has 0 aliphatic rings. The lowest BCUT2D eigenvalue weighted by Crippen LogP contribution is -2.30. The van der Waals surface area contributed by atoms with E-state index in [1.54, 1.807) is 25.3 Å². The van der Waals surface area contributed by atoms with Crippen molar-refractivity contribution in [1.29, 1.82) is 5.39 Å². The molecule has 0 aliphatic carbocycles. The SMILES string of the molecule is C=C[C@H](COCc1ccccc1)[C@@H](OCc1ccc(OC)cc1)/C(O)=C(\[N+]#N)C(=O)OC. The van der Waals surface area contributed by atoms with Gasteiger partial charge in [-0.15, -0.1) is 6.58 Å². The molecule has 2 rings (SSSR count). The van der Waals surface area contributed by atoms with Crippen LogP contribution < -0.4 is 4.74 Å². The van der Waals surface area contributed by atoms with Crippen LogP contribution in [0.1, 0.15) is 11.1 Å². The second-order valence-corrected chi connectivity index (χ2v) is 6.81. The number of hydrogen-bond donors (Lipinski definition) is 1. The highest BCUT2D eigenvalue weighted by molar-refractivity contribution is 5.90. The number of hydrogen-bond acceptors (Lipinski definition) is 7. The molecule has 1 N–H and O–H groups in total. The first kappa shape index (κ1) is 24.6. The minimum Gasteiger partial charge on any atom is -0.503 e. The van der Waals surface area contributed by atoms with Crippen LogP contribution in [0.5, 0.6) is 5.75 Å². The fourth-order valence-electron chi connectivity index (χ4n) is 2.91. The molecule has 168 valence electrons. The summed E-state index contributed by atoms with van der Waals surface area (Å²) >= 11 is 0. The van der Waals surface area contributed by atoms with E-state index in [0.717, 1.165) is 18.2 Å². The van der Waals surface area contributed by atoms with Crippen molar-refractivity contribution < 1.29 is 28.8 Å². The number of ether oxygens (including phenoxy) is 4. The summed E-state index contributed by atoms with van der Waals surface area (Å²) in [6.45, 7) is 4.37. The smallest absolute Gasteiger partial charge is 0.503 e. The Morgan fingerprint density at radius 2 is 1.75 bits per heavy atom. The molecule has 0 unspecified atom stereocenters. The quantitative estimate of drug-likeness (QED) is 0.172. The van der Waals surface area contributed by atoms with Crippen LogP contribution in [0.3, 0.4) is 0 Å². The highest BCUT2D eigenvalue weighted by Gasteiger charge is 2.38. The van der Waals surface area contributed by atoms with Crippen molar-refractivity contribution in [2.75, 3.05) is 20.8 Å². The second kappa shape index (κ2) is 12.9. The monoisotopic (exact) mass is 439 g/mol. The number of rotatable bonds is 12. The zero-order valence-electron chi connectivity index (χ0n) is 18.1. The van der Waals surface area contributed by atoms with Gasteiger partial charge in [0.25, 0.3) is 0 Å². The average molecular weight is 439 g/mol. The molecule has 0 heterocycles. The highest BCUT2D eigenvalue weighted by atomic mass is 16.5. The van der Waals surface area contributed by atoms with Gasteiger partial charge in [-0.2, -0.15) is 0 Å². The third-order valence-electron chi connectivity index (χ3n) is 4.69. The number of methoxy groups -OCH3 is 2. The summed E-state index contributed by atoms with van der Waals surface area (Å²) in [4.78, 5) is 14.8. The molecule has 8 nitrogen and oxygen atoms in total. The van der Waals surface area contributed by atoms with Crippen LogP contribution in [0.25, 0.3) is 4.98 Å². The molecular weight excluding hydrogens is 412 g/mol. The van der Waals surface area contributed by atoms with Crippen molar-refractivity contribution in [2.45, 2.75) is 19.3 Å². The Labute approximate surface area is 187 Å². The molecule has 0 saturated carbocycles. The molecule has 0 radical (unpaired) electrons. The lowest BCUT2D eigenvalue weighted by atomic mass is 10.00. The van der Waals surface area contributed by atoms with Gasteiger partial charge in [0.1, 0.15) is 11.9 Å². The van der Waals surface area contributed by atoms with Gasteiger partial charge in [-0.05, 0) is 23.3 Å². The van der Waals surface area contributed by atoms with Crippen LogP contribution in [0.15, 0.2) is 78.7 Å². The van der Waals surface area contributed by atoms with E-state index >= 15 is 0 Å². The van der Waals surface area contributed by atoms with E-state index in [9.17, 15) is 15.3 Å². The predicted molar refractivity (Wildman–Crippen MR) is 118 cm³/mol. The van der Waals surface area contributed by atoms with Gasteiger partial charge in [0.15, 0.2) is 4.98 Å². The molecule has 2 aromatic carbocycles. The minimum absolute atomic E-state index is 0.0988. The first-order valence-electron chi connectivity index (χ1n) is 9.89. The van der Waals surface area contributed by atoms with Gasteiger partial charge >= 0.3 is 11.7 Å². The van der Waals surface area contributed by atoms with Gasteiger partial charge in [0, 0.05) is 5.92 Å². The average Bonchev–Trinajstić information content (AvgIpc) is 2.84. The lowest BCUT2D eigenvalue weighted by molar-refractivity contribution is -0.136. The zero-order chi connectivity index (χ0) is 23.3. The Kier molecular flexibility index (Phi) is 9.91. The maximum atomic E-state index is 11.9. The van der Waals surface area contributed by atoms with E-state index in [-0.39, 0.29) is 13.2 Å². The van der Waals surface area contributed by atoms with Crippen molar-refractivity contribution in [3.63, 3.8) is 0 Å². The van der Waals surface area contributed by atoms with Gasteiger partial charge in [-0.25, -0.2) is 4.79 Å². The maximum absolute atomic E-state index is 11.9. The van der Waals surface area contributed by atoms with E-state index in [1.807, 2.05) is 42.5 Å². The van der Waals surface area contributed by atoms with E-state index in [0.29, 0.717) is 12.4 Å².